The number of rotatable bonds is 7. The van der Waals surface area contributed by atoms with Crippen LogP contribution >= 0.6 is 34.5 Å². The fourth-order valence-corrected chi connectivity index (χ4v) is 7.00. The van der Waals surface area contributed by atoms with Crippen LogP contribution in [0.2, 0.25) is 10.0 Å². The van der Waals surface area contributed by atoms with Gasteiger partial charge in [-0.3, -0.25) is 10.1 Å². The zero-order chi connectivity index (χ0) is 33.8. The molecule has 2 aliphatic heterocycles. The maximum absolute atomic E-state index is 14.6. The van der Waals surface area contributed by atoms with E-state index in [0.29, 0.717) is 15.8 Å². The Morgan fingerprint density at radius 3 is 2.54 bits per heavy atom. The number of hydrogen-bond acceptors (Lipinski definition) is 9. The Labute approximate surface area is 283 Å². The van der Waals surface area contributed by atoms with Crippen LogP contribution in [0.3, 0.4) is 0 Å². The third-order valence-electron chi connectivity index (χ3n) is 8.18. The molecule has 0 aliphatic carbocycles. The lowest BCUT2D eigenvalue weighted by Gasteiger charge is -2.31. The second-order valence-corrected chi connectivity index (χ2v) is 12.8. The van der Waals surface area contributed by atoms with Gasteiger partial charge in [-0.1, -0.05) is 35.3 Å². The van der Waals surface area contributed by atoms with Gasteiger partial charge in [0.05, 0.1) is 28.6 Å². The number of imidazole rings is 1. The molecule has 0 saturated carbocycles. The van der Waals surface area contributed by atoms with E-state index in [0.717, 1.165) is 55.7 Å². The molecule has 1 unspecified atom stereocenters. The number of carbonyl (C=O) groups excluding carboxylic acids is 2. The van der Waals surface area contributed by atoms with Crippen molar-refractivity contribution < 1.29 is 31.9 Å². The van der Waals surface area contributed by atoms with Gasteiger partial charge in [-0.15, -0.1) is 11.3 Å². The number of nitrogens with one attached hydrogen (secondary N) is 2. The van der Waals surface area contributed by atoms with Gasteiger partial charge in [0.2, 0.25) is 0 Å². The van der Waals surface area contributed by atoms with Gasteiger partial charge in [-0.05, 0) is 23.8 Å². The van der Waals surface area contributed by atoms with Crippen molar-refractivity contribution >= 4 is 68.1 Å². The number of nitrogens with zero attached hydrogens (tertiary/aromatic N) is 6. The molecule has 5 heterocycles. The molecular weight excluding hydrogens is 699 g/mol. The number of piperazine rings is 1. The third kappa shape index (κ3) is 5.65. The van der Waals surface area contributed by atoms with Gasteiger partial charge in [0.15, 0.2) is 5.13 Å². The van der Waals surface area contributed by atoms with Gasteiger partial charge in [-0.2, -0.15) is 18.3 Å². The second-order valence-electron chi connectivity index (χ2n) is 11.2. The van der Waals surface area contributed by atoms with Crippen molar-refractivity contribution in [3.05, 3.63) is 75.9 Å². The van der Waals surface area contributed by atoms with Gasteiger partial charge in [-0.25, -0.2) is 23.8 Å². The predicted molar refractivity (Wildman–Crippen MR) is 171 cm³/mol. The van der Waals surface area contributed by atoms with Gasteiger partial charge in [0.1, 0.15) is 17.4 Å². The summed E-state index contributed by atoms with van der Waals surface area (Å²) in [5, 5.41) is 11.9. The average Bonchev–Trinajstić information content (AvgIpc) is 3.87. The molecule has 2 aliphatic rings. The predicted octanol–water partition coefficient (Wildman–Crippen LogP) is 5.41. The van der Waals surface area contributed by atoms with E-state index >= 15 is 0 Å². The molecular formula is C30H24Cl2F4N8O3S. The van der Waals surface area contributed by atoms with E-state index in [2.05, 4.69) is 30.6 Å². The van der Waals surface area contributed by atoms with Crippen molar-refractivity contribution in [2.75, 3.05) is 36.4 Å². The minimum absolute atomic E-state index is 0.000878. The Balaban J connectivity index is 1.40. The van der Waals surface area contributed by atoms with Crippen LogP contribution in [-0.2, 0) is 33.0 Å². The van der Waals surface area contributed by atoms with E-state index in [1.165, 1.54) is 16.1 Å². The van der Waals surface area contributed by atoms with Crippen LogP contribution in [0.1, 0.15) is 11.4 Å². The average molecular weight is 724 g/mol. The quantitative estimate of drug-likeness (QED) is 0.169. The number of anilines is 2. The van der Waals surface area contributed by atoms with Gasteiger partial charge in [0, 0.05) is 67.0 Å². The van der Waals surface area contributed by atoms with Crippen molar-refractivity contribution in [3.63, 3.8) is 0 Å². The van der Waals surface area contributed by atoms with Crippen LogP contribution in [0.4, 0.5) is 28.4 Å². The van der Waals surface area contributed by atoms with Crippen LogP contribution in [-0.4, -0.2) is 74.7 Å². The summed E-state index contributed by atoms with van der Waals surface area (Å²) in [6, 6.07) is 9.16. The summed E-state index contributed by atoms with van der Waals surface area (Å²) in [6.45, 7) is 3.24. The number of hydrogen-bond donors (Lipinski definition) is 2. The largest absolute Gasteiger partial charge is 0.491 e. The maximum Gasteiger partial charge on any atom is 0.491 e. The van der Waals surface area contributed by atoms with Crippen LogP contribution < -0.4 is 15.5 Å². The van der Waals surface area contributed by atoms with E-state index in [-0.39, 0.29) is 44.7 Å². The molecule has 5 aromatic rings. The molecule has 0 radical (unpaired) electrons. The van der Waals surface area contributed by atoms with Crippen molar-refractivity contribution in [3.8, 4) is 11.1 Å². The van der Waals surface area contributed by atoms with Gasteiger partial charge >= 0.3 is 23.8 Å². The van der Waals surface area contributed by atoms with Gasteiger partial charge in [0.25, 0.3) is 0 Å². The first-order valence-corrected chi connectivity index (χ1v) is 16.2. The summed E-state index contributed by atoms with van der Waals surface area (Å²) in [5.74, 6) is -4.02. The molecule has 0 spiro atoms. The molecule has 7 rings (SSSR count). The molecule has 0 bridgehead atoms. The highest BCUT2D eigenvalue weighted by molar-refractivity contribution is 7.13. The standard InChI is InChI=1S/C30H24Cl2F4N8O3S/c31-21-12-19(16-1-3-18(4-2-16)42-8-5-37-6-9-42)23(32)24-20(21)14-44(41-24)29(47-27(46)30(34,35)36,26(45)40-28-38-7-10-48-28)25-22-11-17(33)13-43(22)15-39-25/h1-4,7,10,12,14-15,17,37H,5-6,8-9,11,13H2,(H,38,40,45)/t17-,29?/m1/s1. The third-order valence-corrected chi connectivity index (χ3v) is 9.56. The van der Waals surface area contributed by atoms with Crippen LogP contribution in [0.15, 0.2) is 54.4 Å². The molecule has 11 nitrogen and oxygen atoms in total. The first-order valence-electron chi connectivity index (χ1n) is 14.6. The van der Waals surface area contributed by atoms with Crippen molar-refractivity contribution in [2.24, 2.45) is 0 Å². The topological polar surface area (TPSA) is 119 Å². The Morgan fingerprint density at radius 2 is 1.85 bits per heavy atom. The number of alkyl halides is 4. The molecule has 18 heteroatoms. The summed E-state index contributed by atoms with van der Waals surface area (Å²) in [7, 11) is 0. The van der Waals surface area contributed by atoms with E-state index < -0.39 is 35.6 Å². The van der Waals surface area contributed by atoms with Crippen molar-refractivity contribution in [1.82, 2.24) is 29.6 Å². The monoisotopic (exact) mass is 722 g/mol. The number of halogens is 6. The highest BCUT2D eigenvalue weighted by Gasteiger charge is 2.57. The number of ether oxygens (including phenoxy) is 1. The molecule has 2 atom stereocenters. The summed E-state index contributed by atoms with van der Waals surface area (Å²) in [6.07, 6.45) is -3.64. The Morgan fingerprint density at radius 1 is 1.10 bits per heavy atom. The van der Waals surface area contributed by atoms with Crippen LogP contribution in [0.5, 0.6) is 0 Å². The first kappa shape index (κ1) is 32.3. The first-order chi connectivity index (χ1) is 23.0. The van der Waals surface area contributed by atoms with Crippen molar-refractivity contribution in [2.45, 2.75) is 31.0 Å². The number of carbonyl (C=O) groups is 2. The van der Waals surface area contributed by atoms with E-state index in [4.69, 9.17) is 27.9 Å². The number of fused-ring (bicyclic) bond motifs is 2. The smallest absolute Gasteiger partial charge is 0.414 e. The maximum atomic E-state index is 14.6. The van der Waals surface area contributed by atoms with Crippen LogP contribution in [0.25, 0.3) is 22.0 Å². The lowest BCUT2D eigenvalue weighted by molar-refractivity contribution is -0.218. The summed E-state index contributed by atoms with van der Waals surface area (Å²) >= 11 is 14.6. The summed E-state index contributed by atoms with van der Waals surface area (Å²) in [4.78, 5) is 37.2. The summed E-state index contributed by atoms with van der Waals surface area (Å²) in [5.41, 5.74) is -1.34. The minimum atomic E-state index is -5.54. The minimum Gasteiger partial charge on any atom is -0.414 e. The molecule has 2 aromatic carbocycles. The Hall–Kier alpha value is -4.25. The Kier molecular flexibility index (Phi) is 8.30. The molecule has 250 valence electrons. The lowest BCUT2D eigenvalue weighted by atomic mass is 10.0. The Bertz CT molecular complexity index is 2010. The number of esters is 1. The highest BCUT2D eigenvalue weighted by Crippen LogP contribution is 2.42. The number of amides is 1. The summed E-state index contributed by atoms with van der Waals surface area (Å²) < 4.78 is 63.3. The number of thiazole rings is 1. The van der Waals surface area contributed by atoms with Crippen LogP contribution in [0, 0.1) is 0 Å². The van der Waals surface area contributed by atoms with Gasteiger partial charge < -0.3 is 19.5 Å². The molecule has 3 aromatic heterocycles. The normalized spacial score (nSPS) is 17.7. The fraction of sp³-hybridized carbons (Fsp3) is 0.300. The highest BCUT2D eigenvalue weighted by atomic mass is 35.5. The fourth-order valence-electron chi connectivity index (χ4n) is 5.92. The molecule has 48 heavy (non-hydrogen) atoms. The zero-order valence-corrected chi connectivity index (χ0v) is 26.9. The SMILES string of the molecule is O=C(OC(C(=O)Nc1nccs1)(c1ncn2c1C[C@@H](F)C2)n1cc2c(Cl)cc(-c3ccc(N4CCNCC4)cc3)c(Cl)c2n1)C(F)(F)F. The molecule has 1 saturated heterocycles. The zero-order valence-electron chi connectivity index (χ0n) is 24.6. The molecule has 1 amide bonds. The van der Waals surface area contributed by atoms with E-state index in [9.17, 15) is 27.2 Å². The lowest BCUT2D eigenvalue weighted by Crippen LogP contribution is -2.53. The van der Waals surface area contributed by atoms with E-state index in [1.807, 2.05) is 24.3 Å². The molecule has 1 fully saturated rings. The number of aromatic nitrogens is 5. The second kappa shape index (κ2) is 12.3. The number of benzene rings is 2. The molecule has 2 N–H and O–H groups in total. The van der Waals surface area contributed by atoms with Crippen molar-refractivity contribution in [1.29, 1.82) is 0 Å². The van der Waals surface area contributed by atoms with E-state index in [1.54, 1.807) is 6.07 Å².